The summed E-state index contributed by atoms with van der Waals surface area (Å²) in [5, 5.41) is 0. The van der Waals surface area contributed by atoms with E-state index in [-0.39, 0.29) is 18.1 Å². The van der Waals surface area contributed by atoms with Gasteiger partial charge in [0, 0.05) is 24.7 Å². The van der Waals surface area contributed by atoms with E-state index in [0.717, 1.165) is 19.4 Å². The minimum atomic E-state index is -0.0400. The number of fused-ring (bicyclic) bond motifs is 2. The molecule has 1 saturated heterocycles. The molecule has 2 aromatic heterocycles. The zero-order valence-corrected chi connectivity index (χ0v) is 11.5. The van der Waals surface area contributed by atoms with Crippen LogP contribution in [-0.4, -0.2) is 34.5 Å². The molecule has 2 aliphatic rings. The minimum Gasteiger partial charge on any atom is -0.472 e. The first-order chi connectivity index (χ1) is 10.3. The maximum atomic E-state index is 12.5. The highest BCUT2D eigenvalue weighted by Gasteiger charge is 2.50. The third kappa shape index (κ3) is 2.09. The third-order valence-corrected chi connectivity index (χ3v) is 4.40. The number of pyridine rings is 1. The Labute approximate surface area is 122 Å². The number of amides is 1. The highest BCUT2D eigenvalue weighted by molar-refractivity contribution is 5.92. The van der Waals surface area contributed by atoms with E-state index in [2.05, 4.69) is 4.98 Å². The predicted molar refractivity (Wildman–Crippen MR) is 74.9 cm³/mol. The van der Waals surface area contributed by atoms with Gasteiger partial charge in [0.2, 0.25) is 5.88 Å². The van der Waals surface area contributed by atoms with Gasteiger partial charge in [0.05, 0.1) is 12.3 Å². The van der Waals surface area contributed by atoms with Crippen LogP contribution in [0.3, 0.4) is 0 Å². The van der Waals surface area contributed by atoms with Gasteiger partial charge in [-0.3, -0.25) is 4.79 Å². The van der Waals surface area contributed by atoms with E-state index in [0.29, 0.717) is 17.6 Å². The lowest BCUT2D eigenvalue weighted by molar-refractivity contribution is 0.0632. The SMILES string of the molecule is O=C(c1ccco1)N1C[C@H]2CC[C@H]1[C@@H]2Oc1ccccn1. The summed E-state index contributed by atoms with van der Waals surface area (Å²) in [6.45, 7) is 0.738. The van der Waals surface area contributed by atoms with Crippen molar-refractivity contribution in [3.63, 3.8) is 0 Å². The van der Waals surface area contributed by atoms with Gasteiger partial charge in [0.15, 0.2) is 5.76 Å². The summed E-state index contributed by atoms with van der Waals surface area (Å²) in [5.74, 6) is 1.38. The van der Waals surface area contributed by atoms with E-state index in [1.807, 2.05) is 23.1 Å². The molecule has 4 rings (SSSR count). The lowest BCUT2D eigenvalue weighted by Gasteiger charge is -2.26. The van der Waals surface area contributed by atoms with Gasteiger partial charge >= 0.3 is 0 Å². The molecule has 0 N–H and O–H groups in total. The highest BCUT2D eigenvalue weighted by Crippen LogP contribution is 2.40. The number of hydrogen-bond donors (Lipinski definition) is 0. The zero-order valence-electron chi connectivity index (χ0n) is 11.5. The van der Waals surface area contributed by atoms with Gasteiger partial charge in [-0.2, -0.15) is 0 Å². The fraction of sp³-hybridized carbons (Fsp3) is 0.375. The van der Waals surface area contributed by atoms with Crippen molar-refractivity contribution in [2.45, 2.75) is 25.0 Å². The normalized spacial score (nSPS) is 27.0. The topological polar surface area (TPSA) is 55.6 Å². The molecule has 2 bridgehead atoms. The highest BCUT2D eigenvalue weighted by atomic mass is 16.5. The average molecular weight is 284 g/mol. The Morgan fingerprint density at radius 2 is 2.24 bits per heavy atom. The fourth-order valence-electron chi connectivity index (χ4n) is 3.45. The molecule has 0 spiro atoms. The van der Waals surface area contributed by atoms with Crippen molar-refractivity contribution < 1.29 is 13.9 Å². The van der Waals surface area contributed by atoms with Crippen LogP contribution in [0.4, 0.5) is 0 Å². The molecule has 5 nitrogen and oxygen atoms in total. The number of rotatable bonds is 3. The van der Waals surface area contributed by atoms with Crippen LogP contribution < -0.4 is 4.74 Å². The summed E-state index contributed by atoms with van der Waals surface area (Å²) in [7, 11) is 0. The zero-order chi connectivity index (χ0) is 14.2. The van der Waals surface area contributed by atoms with E-state index < -0.39 is 0 Å². The van der Waals surface area contributed by atoms with Gasteiger partial charge in [0.25, 0.3) is 5.91 Å². The Balaban J connectivity index is 1.52. The van der Waals surface area contributed by atoms with Gasteiger partial charge in [-0.1, -0.05) is 6.07 Å². The second-order valence-electron chi connectivity index (χ2n) is 5.59. The monoisotopic (exact) mass is 284 g/mol. The Hall–Kier alpha value is -2.30. The van der Waals surface area contributed by atoms with E-state index in [1.54, 1.807) is 18.3 Å². The molecule has 0 unspecified atom stereocenters. The van der Waals surface area contributed by atoms with Crippen molar-refractivity contribution in [2.75, 3.05) is 6.54 Å². The Morgan fingerprint density at radius 1 is 1.29 bits per heavy atom. The first kappa shape index (κ1) is 12.4. The van der Waals surface area contributed by atoms with Crippen LogP contribution in [0.15, 0.2) is 47.2 Å². The van der Waals surface area contributed by atoms with E-state index in [1.165, 1.54) is 6.26 Å². The molecule has 108 valence electrons. The number of hydrogen-bond acceptors (Lipinski definition) is 4. The first-order valence-corrected chi connectivity index (χ1v) is 7.25. The van der Waals surface area contributed by atoms with Crippen LogP contribution in [0.2, 0.25) is 0 Å². The molecular formula is C16H16N2O3. The van der Waals surface area contributed by atoms with Crippen LogP contribution in [0.5, 0.6) is 5.88 Å². The van der Waals surface area contributed by atoms with Gasteiger partial charge in [-0.25, -0.2) is 4.98 Å². The smallest absolute Gasteiger partial charge is 0.289 e. The number of furan rings is 1. The molecule has 2 fully saturated rings. The number of carbonyl (C=O) groups excluding carboxylic acids is 1. The van der Waals surface area contributed by atoms with Crippen molar-refractivity contribution in [3.05, 3.63) is 48.6 Å². The quantitative estimate of drug-likeness (QED) is 0.868. The Kier molecular flexibility index (Phi) is 2.91. The van der Waals surface area contributed by atoms with Gasteiger partial charge in [-0.15, -0.1) is 0 Å². The fourth-order valence-corrected chi connectivity index (χ4v) is 3.45. The molecule has 1 saturated carbocycles. The standard InChI is InChI=1S/C16H16N2O3/c19-16(13-4-3-9-20-13)18-10-11-6-7-12(18)15(11)21-14-5-1-2-8-17-14/h1-5,8-9,11-12,15H,6-7,10H2/t11-,12+,15-/m1/s1. The maximum absolute atomic E-state index is 12.5. The molecule has 21 heavy (non-hydrogen) atoms. The van der Waals surface area contributed by atoms with Crippen LogP contribution in [0, 0.1) is 5.92 Å². The Bertz CT molecular complexity index is 626. The second-order valence-corrected chi connectivity index (χ2v) is 5.59. The van der Waals surface area contributed by atoms with Crippen molar-refractivity contribution in [1.82, 2.24) is 9.88 Å². The van der Waals surface area contributed by atoms with E-state index in [9.17, 15) is 4.79 Å². The molecule has 5 heteroatoms. The molecule has 3 atom stereocenters. The third-order valence-electron chi connectivity index (χ3n) is 4.40. The van der Waals surface area contributed by atoms with Crippen LogP contribution in [-0.2, 0) is 0 Å². The van der Waals surface area contributed by atoms with Crippen molar-refractivity contribution in [2.24, 2.45) is 5.92 Å². The molecule has 1 aliphatic carbocycles. The lowest BCUT2D eigenvalue weighted by atomic mass is 10.1. The Morgan fingerprint density at radius 3 is 3.00 bits per heavy atom. The molecule has 1 amide bonds. The molecule has 3 heterocycles. The average Bonchev–Trinajstić information content (AvgIpc) is 3.24. The summed E-state index contributed by atoms with van der Waals surface area (Å²) in [6.07, 6.45) is 5.37. The predicted octanol–water partition coefficient (Wildman–Crippen LogP) is 2.36. The number of aromatic nitrogens is 1. The van der Waals surface area contributed by atoms with Crippen molar-refractivity contribution in [3.8, 4) is 5.88 Å². The minimum absolute atomic E-state index is 0.0400. The van der Waals surface area contributed by atoms with Crippen molar-refractivity contribution in [1.29, 1.82) is 0 Å². The first-order valence-electron chi connectivity index (χ1n) is 7.25. The number of ether oxygens (including phenoxy) is 1. The van der Waals surface area contributed by atoms with Crippen LogP contribution in [0.25, 0.3) is 0 Å². The summed E-state index contributed by atoms with van der Waals surface area (Å²) in [4.78, 5) is 18.6. The van der Waals surface area contributed by atoms with Crippen LogP contribution in [0.1, 0.15) is 23.4 Å². The summed E-state index contributed by atoms with van der Waals surface area (Å²) < 4.78 is 11.2. The van der Waals surface area contributed by atoms with E-state index in [4.69, 9.17) is 9.15 Å². The second kappa shape index (κ2) is 4.91. The van der Waals surface area contributed by atoms with Gasteiger partial charge in [-0.05, 0) is 31.0 Å². The summed E-state index contributed by atoms with van der Waals surface area (Å²) in [5.41, 5.74) is 0. The molecular weight excluding hydrogens is 268 g/mol. The molecule has 0 radical (unpaired) electrons. The molecule has 2 aromatic rings. The molecule has 0 aromatic carbocycles. The number of nitrogens with zero attached hydrogens (tertiary/aromatic N) is 2. The molecule has 1 aliphatic heterocycles. The maximum Gasteiger partial charge on any atom is 0.289 e. The summed E-state index contributed by atoms with van der Waals surface area (Å²) >= 11 is 0. The van der Waals surface area contributed by atoms with Crippen LogP contribution >= 0.6 is 0 Å². The summed E-state index contributed by atoms with van der Waals surface area (Å²) in [6, 6.07) is 9.20. The van der Waals surface area contributed by atoms with Crippen molar-refractivity contribution >= 4 is 5.91 Å². The van der Waals surface area contributed by atoms with E-state index >= 15 is 0 Å². The van der Waals surface area contributed by atoms with Gasteiger partial charge < -0.3 is 14.1 Å². The van der Waals surface area contributed by atoms with Gasteiger partial charge in [0.1, 0.15) is 6.10 Å². The lowest BCUT2D eigenvalue weighted by Crippen LogP contribution is -2.40. The largest absolute Gasteiger partial charge is 0.472 e. The number of likely N-dealkylation sites (tertiary alicyclic amines) is 1. The number of piperidine rings is 1. The number of carbonyl (C=O) groups is 1.